The molecule has 0 aromatic heterocycles. The van der Waals surface area contributed by atoms with Crippen LogP contribution in [-0.4, -0.2) is 39.8 Å². The van der Waals surface area contributed by atoms with Crippen molar-refractivity contribution in [2.24, 2.45) is 4.99 Å². The van der Waals surface area contributed by atoms with Crippen molar-refractivity contribution < 1.29 is 13.2 Å². The number of sulfone groups is 1. The summed E-state index contributed by atoms with van der Waals surface area (Å²) in [5, 5.41) is 6.61. The molecule has 2 rings (SSSR count). The predicted molar refractivity (Wildman–Crippen MR) is 122 cm³/mol. The highest BCUT2D eigenvalue weighted by Crippen LogP contribution is 2.13. The van der Waals surface area contributed by atoms with Gasteiger partial charge in [0.25, 0.3) is 0 Å². The average molecular weight is 432 g/mol. The second-order valence-corrected chi connectivity index (χ2v) is 10.3. The lowest BCUT2D eigenvalue weighted by Crippen LogP contribution is -2.37. The minimum Gasteiger partial charge on any atom is -0.371 e. The number of nitrogens with zero attached hydrogens (tertiary/aromatic N) is 1. The molecule has 2 aromatic carbocycles. The third kappa shape index (κ3) is 8.55. The van der Waals surface area contributed by atoms with Gasteiger partial charge in [-0.05, 0) is 56.0 Å². The Kier molecular flexibility index (Phi) is 8.43. The van der Waals surface area contributed by atoms with Gasteiger partial charge in [-0.25, -0.2) is 8.42 Å². The summed E-state index contributed by atoms with van der Waals surface area (Å²) in [4.78, 5) is 4.60. The van der Waals surface area contributed by atoms with Gasteiger partial charge in [-0.2, -0.15) is 0 Å². The van der Waals surface area contributed by atoms with Gasteiger partial charge in [-0.1, -0.05) is 36.4 Å². The van der Waals surface area contributed by atoms with E-state index in [2.05, 4.69) is 33.8 Å². The number of hydrogen-bond acceptors (Lipinski definition) is 4. The summed E-state index contributed by atoms with van der Waals surface area (Å²) in [6.07, 6.45) is 1.98. The quantitative estimate of drug-likeness (QED) is 0.495. The van der Waals surface area contributed by atoms with Gasteiger partial charge in [0.05, 0.1) is 17.1 Å². The van der Waals surface area contributed by atoms with Crippen molar-refractivity contribution in [3.63, 3.8) is 0 Å². The molecule has 0 aliphatic rings. The number of nitrogens with one attached hydrogen (secondary N) is 2. The smallest absolute Gasteiger partial charge is 0.191 e. The van der Waals surface area contributed by atoms with E-state index >= 15 is 0 Å². The summed E-state index contributed by atoms with van der Waals surface area (Å²) >= 11 is 0. The lowest BCUT2D eigenvalue weighted by molar-refractivity contribution is -0.0149. The molecular formula is C23H33N3O3S. The number of guanidine groups is 1. The highest BCUT2D eigenvalue weighted by atomic mass is 32.2. The van der Waals surface area contributed by atoms with E-state index in [0.717, 1.165) is 29.1 Å². The summed E-state index contributed by atoms with van der Waals surface area (Å²) in [7, 11) is -1.42. The van der Waals surface area contributed by atoms with Gasteiger partial charge in [0.15, 0.2) is 15.8 Å². The van der Waals surface area contributed by atoms with E-state index in [1.165, 1.54) is 6.26 Å². The molecule has 2 aromatic rings. The standard InChI is InChI=1S/C23H33N3O3S/c1-23(2,3)29-17-20-8-6-7-19(15-20)16-26-22(24-4)25-14-13-18-9-11-21(12-10-18)30(5,27)28/h6-12,15H,13-14,16-17H2,1-5H3,(H2,24,25,26). The first kappa shape index (κ1) is 23.9. The second kappa shape index (κ2) is 10.6. The third-order valence-electron chi connectivity index (χ3n) is 4.40. The van der Waals surface area contributed by atoms with Crippen molar-refractivity contribution in [1.29, 1.82) is 0 Å². The number of aliphatic imine (C=N–C) groups is 1. The van der Waals surface area contributed by atoms with Crippen LogP contribution in [0.3, 0.4) is 0 Å². The molecule has 2 N–H and O–H groups in total. The van der Waals surface area contributed by atoms with Gasteiger partial charge in [-0.3, -0.25) is 4.99 Å². The molecule has 0 atom stereocenters. The summed E-state index contributed by atoms with van der Waals surface area (Å²) in [6.45, 7) is 8.09. The molecule has 0 heterocycles. The lowest BCUT2D eigenvalue weighted by Gasteiger charge is -2.19. The molecule has 7 heteroatoms. The van der Waals surface area contributed by atoms with E-state index in [4.69, 9.17) is 4.74 Å². The van der Waals surface area contributed by atoms with Crippen molar-refractivity contribution >= 4 is 15.8 Å². The van der Waals surface area contributed by atoms with Crippen LogP contribution in [0.5, 0.6) is 0 Å². The molecular weight excluding hydrogens is 398 g/mol. The summed E-state index contributed by atoms with van der Waals surface area (Å²) in [6, 6.07) is 15.3. The average Bonchev–Trinajstić information content (AvgIpc) is 2.68. The van der Waals surface area contributed by atoms with Crippen LogP contribution in [0.25, 0.3) is 0 Å². The number of ether oxygens (including phenoxy) is 1. The van der Waals surface area contributed by atoms with Crippen LogP contribution >= 0.6 is 0 Å². The molecule has 0 spiro atoms. The Balaban J connectivity index is 1.81. The zero-order valence-corrected chi connectivity index (χ0v) is 19.3. The first-order valence-corrected chi connectivity index (χ1v) is 11.9. The third-order valence-corrected chi connectivity index (χ3v) is 5.53. The SMILES string of the molecule is CN=C(NCCc1ccc(S(C)(=O)=O)cc1)NCc1cccc(COC(C)(C)C)c1. The Morgan fingerprint density at radius 2 is 1.67 bits per heavy atom. The van der Waals surface area contributed by atoms with E-state index in [-0.39, 0.29) is 5.60 Å². The van der Waals surface area contributed by atoms with E-state index in [1.807, 2.05) is 39.0 Å². The van der Waals surface area contributed by atoms with Crippen LogP contribution in [0, 0.1) is 0 Å². The zero-order chi connectivity index (χ0) is 22.2. The van der Waals surface area contributed by atoms with E-state index in [9.17, 15) is 8.42 Å². The number of rotatable bonds is 8. The van der Waals surface area contributed by atoms with Gasteiger partial charge < -0.3 is 15.4 Å². The summed E-state index contributed by atoms with van der Waals surface area (Å²) in [5.41, 5.74) is 3.21. The van der Waals surface area contributed by atoms with Gasteiger partial charge >= 0.3 is 0 Å². The molecule has 0 saturated carbocycles. The van der Waals surface area contributed by atoms with Crippen molar-refractivity contribution in [2.75, 3.05) is 19.8 Å². The number of hydrogen-bond donors (Lipinski definition) is 2. The van der Waals surface area contributed by atoms with Crippen molar-refractivity contribution in [3.8, 4) is 0 Å². The molecule has 0 bridgehead atoms. The lowest BCUT2D eigenvalue weighted by atomic mass is 10.1. The maximum atomic E-state index is 11.5. The summed E-state index contributed by atoms with van der Waals surface area (Å²) in [5.74, 6) is 0.721. The molecule has 0 fully saturated rings. The van der Waals surface area contributed by atoms with Crippen LogP contribution in [0.4, 0.5) is 0 Å². The molecule has 30 heavy (non-hydrogen) atoms. The van der Waals surface area contributed by atoms with Crippen LogP contribution in [0.1, 0.15) is 37.5 Å². The Morgan fingerprint density at radius 3 is 2.27 bits per heavy atom. The Labute approximate surface area is 180 Å². The van der Waals surface area contributed by atoms with Crippen LogP contribution in [0.15, 0.2) is 58.4 Å². The predicted octanol–water partition coefficient (Wildman–Crippen LogP) is 3.31. The maximum Gasteiger partial charge on any atom is 0.191 e. The molecule has 0 unspecified atom stereocenters. The van der Waals surface area contributed by atoms with Gasteiger partial charge in [0.2, 0.25) is 0 Å². The van der Waals surface area contributed by atoms with Crippen molar-refractivity contribution in [1.82, 2.24) is 10.6 Å². The zero-order valence-electron chi connectivity index (χ0n) is 18.5. The van der Waals surface area contributed by atoms with Gasteiger partial charge in [0.1, 0.15) is 0 Å². The fraction of sp³-hybridized carbons (Fsp3) is 0.435. The van der Waals surface area contributed by atoms with Crippen LogP contribution in [-0.2, 0) is 34.1 Å². The topological polar surface area (TPSA) is 79.8 Å². The largest absolute Gasteiger partial charge is 0.371 e. The molecule has 0 amide bonds. The monoisotopic (exact) mass is 431 g/mol. The molecule has 0 saturated heterocycles. The van der Waals surface area contributed by atoms with Crippen molar-refractivity contribution in [3.05, 3.63) is 65.2 Å². The molecule has 6 nitrogen and oxygen atoms in total. The van der Waals surface area contributed by atoms with E-state index in [0.29, 0.717) is 24.6 Å². The Morgan fingerprint density at radius 1 is 1.00 bits per heavy atom. The van der Waals surface area contributed by atoms with Gasteiger partial charge in [-0.15, -0.1) is 0 Å². The highest BCUT2D eigenvalue weighted by molar-refractivity contribution is 7.90. The van der Waals surface area contributed by atoms with Crippen molar-refractivity contribution in [2.45, 2.75) is 50.8 Å². The minimum absolute atomic E-state index is 0.161. The van der Waals surface area contributed by atoms with E-state index in [1.54, 1.807) is 19.2 Å². The molecule has 0 radical (unpaired) electrons. The Hall–Kier alpha value is -2.38. The Bertz CT molecular complexity index is 946. The first-order chi connectivity index (χ1) is 14.1. The first-order valence-electron chi connectivity index (χ1n) is 10.0. The fourth-order valence-corrected chi connectivity index (χ4v) is 3.39. The van der Waals surface area contributed by atoms with Crippen LogP contribution in [0.2, 0.25) is 0 Å². The number of benzene rings is 2. The summed E-state index contributed by atoms with van der Waals surface area (Å²) < 4.78 is 28.9. The van der Waals surface area contributed by atoms with E-state index < -0.39 is 9.84 Å². The second-order valence-electron chi connectivity index (χ2n) is 8.24. The molecule has 164 valence electrons. The molecule has 0 aliphatic carbocycles. The minimum atomic E-state index is -3.16. The normalized spacial score (nSPS) is 12.6. The highest BCUT2D eigenvalue weighted by Gasteiger charge is 2.10. The maximum absolute atomic E-state index is 11.5. The fourth-order valence-electron chi connectivity index (χ4n) is 2.76. The van der Waals surface area contributed by atoms with Crippen LogP contribution < -0.4 is 10.6 Å². The molecule has 0 aliphatic heterocycles. The van der Waals surface area contributed by atoms with Gasteiger partial charge in [0, 0.05) is 26.4 Å².